The van der Waals surface area contributed by atoms with Crippen LogP contribution >= 0.6 is 12.8 Å². The molecule has 0 aliphatic carbocycles. The van der Waals surface area contributed by atoms with Crippen molar-refractivity contribution in [3.05, 3.63) is 77.9 Å². The number of carbonyl (C=O) groups is 1. The zero-order chi connectivity index (χ0) is 24.1. The molecule has 3 aromatic carbocycles. The molecule has 8 heteroatoms. The minimum Gasteiger partial charge on any atom is -0.494 e. The summed E-state index contributed by atoms with van der Waals surface area (Å²) in [6.45, 7) is 2.43. The number of fused-ring (bicyclic) bond motifs is 1. The first-order valence-corrected chi connectivity index (χ1v) is 13.0. The standard InChI is InChI=1S/C26H26N2O4S2/c1-19-8-12-22(13-9-19)34(30,31)25-7-3-2-6-24(25)28(33)16-4-5-17-32-21-11-14-23-20(18-21)10-15-26(29)27-23/h2-3,6-9,11-14,16,18H,4-5,10,15,17H2,1H3,(H-,27,29,33)/p+1. The van der Waals surface area contributed by atoms with Crippen molar-refractivity contribution in [3.63, 3.8) is 0 Å². The summed E-state index contributed by atoms with van der Waals surface area (Å²) in [6.07, 6.45) is 4.44. The molecule has 176 valence electrons. The first-order valence-electron chi connectivity index (χ1n) is 11.1. The molecular formula is C26H27N2O4S2+. The molecule has 0 bridgehead atoms. The lowest BCUT2D eigenvalue weighted by Crippen LogP contribution is -2.18. The number of unbranched alkanes of at least 4 members (excludes halogenated alkanes) is 1. The van der Waals surface area contributed by atoms with Gasteiger partial charge < -0.3 is 10.1 Å². The van der Waals surface area contributed by atoms with Gasteiger partial charge in [0.25, 0.3) is 0 Å². The van der Waals surface area contributed by atoms with Crippen LogP contribution in [-0.2, 0) is 21.1 Å². The molecule has 1 amide bonds. The Kier molecular flexibility index (Phi) is 7.38. The van der Waals surface area contributed by atoms with Gasteiger partial charge in [-0.1, -0.05) is 29.8 Å². The molecule has 1 aliphatic heterocycles. The van der Waals surface area contributed by atoms with Crippen LogP contribution in [0.2, 0.25) is 0 Å². The summed E-state index contributed by atoms with van der Waals surface area (Å²) in [5, 5.41) is 2.86. The molecule has 34 heavy (non-hydrogen) atoms. The molecular weight excluding hydrogens is 468 g/mol. The third-order valence-electron chi connectivity index (χ3n) is 5.62. The van der Waals surface area contributed by atoms with Crippen molar-refractivity contribution in [1.82, 2.24) is 0 Å². The van der Waals surface area contributed by atoms with Crippen LogP contribution in [-0.4, -0.2) is 31.1 Å². The zero-order valence-electron chi connectivity index (χ0n) is 18.9. The normalized spacial score (nSPS) is 13.8. The number of sulfone groups is 1. The van der Waals surface area contributed by atoms with Crippen LogP contribution in [0.15, 0.2) is 76.5 Å². The van der Waals surface area contributed by atoms with Crippen LogP contribution in [0.3, 0.4) is 0 Å². The van der Waals surface area contributed by atoms with Crippen molar-refractivity contribution in [2.75, 3.05) is 11.9 Å². The maximum atomic E-state index is 13.2. The average Bonchev–Trinajstić information content (AvgIpc) is 2.84. The lowest BCUT2D eigenvalue weighted by atomic mass is 10.0. The number of anilines is 1. The number of nitrogens with one attached hydrogen (secondary N) is 1. The fourth-order valence-corrected chi connectivity index (χ4v) is 5.56. The van der Waals surface area contributed by atoms with Crippen molar-refractivity contribution in [1.29, 1.82) is 0 Å². The number of ether oxygens (including phenoxy) is 1. The number of carbonyl (C=O) groups excluding carboxylic acids is 1. The third-order valence-corrected chi connectivity index (χ3v) is 7.82. The van der Waals surface area contributed by atoms with E-state index in [0.29, 0.717) is 31.6 Å². The van der Waals surface area contributed by atoms with E-state index >= 15 is 0 Å². The number of benzene rings is 3. The first-order chi connectivity index (χ1) is 16.3. The molecule has 0 atom stereocenters. The quantitative estimate of drug-likeness (QED) is 0.197. The maximum Gasteiger partial charge on any atom is 0.237 e. The van der Waals surface area contributed by atoms with Gasteiger partial charge in [-0.15, -0.1) is 3.98 Å². The molecule has 1 N–H and O–H groups in total. The molecule has 3 aromatic rings. The van der Waals surface area contributed by atoms with Crippen LogP contribution in [0.4, 0.5) is 11.4 Å². The molecule has 1 aliphatic rings. The summed E-state index contributed by atoms with van der Waals surface area (Å²) in [4.78, 5) is 11.9. The molecule has 1 heterocycles. The molecule has 0 radical (unpaired) electrons. The summed E-state index contributed by atoms with van der Waals surface area (Å²) in [5.41, 5.74) is 3.43. The lowest BCUT2D eigenvalue weighted by molar-refractivity contribution is -0.232. The number of hydrogen-bond acceptors (Lipinski definition) is 5. The Bertz CT molecular complexity index is 1330. The van der Waals surface area contributed by atoms with Crippen molar-refractivity contribution in [3.8, 4) is 5.75 Å². The van der Waals surface area contributed by atoms with E-state index < -0.39 is 9.84 Å². The molecule has 0 unspecified atom stereocenters. The second kappa shape index (κ2) is 10.4. The molecule has 0 saturated heterocycles. The van der Waals surface area contributed by atoms with Gasteiger partial charge in [-0.05, 0) is 61.7 Å². The molecule has 4 rings (SSSR count). The number of hydrogen-bond donors (Lipinski definition) is 2. The van der Waals surface area contributed by atoms with E-state index in [4.69, 9.17) is 4.74 Å². The minimum absolute atomic E-state index is 0.0428. The van der Waals surface area contributed by atoms with Gasteiger partial charge in [0.05, 0.1) is 11.5 Å². The molecule has 0 aromatic heterocycles. The predicted molar refractivity (Wildman–Crippen MR) is 136 cm³/mol. The van der Waals surface area contributed by atoms with Crippen molar-refractivity contribution < 1.29 is 21.9 Å². The number of rotatable bonds is 8. The van der Waals surface area contributed by atoms with E-state index in [1.165, 1.54) is 0 Å². The van der Waals surface area contributed by atoms with Crippen molar-refractivity contribution >= 4 is 46.1 Å². The zero-order valence-corrected chi connectivity index (χ0v) is 20.6. The largest absolute Gasteiger partial charge is 0.494 e. The monoisotopic (exact) mass is 495 g/mol. The Morgan fingerprint density at radius 2 is 1.82 bits per heavy atom. The van der Waals surface area contributed by atoms with Gasteiger partial charge in [0.1, 0.15) is 23.5 Å². The highest BCUT2D eigenvalue weighted by molar-refractivity contribution is 7.91. The predicted octanol–water partition coefficient (Wildman–Crippen LogP) is 5.13. The van der Waals surface area contributed by atoms with Crippen LogP contribution in [0.1, 0.15) is 30.4 Å². The second-order valence-corrected chi connectivity index (χ2v) is 10.5. The number of nitrogens with zero attached hydrogens (tertiary/aromatic N) is 1. The smallest absolute Gasteiger partial charge is 0.237 e. The Morgan fingerprint density at radius 3 is 2.62 bits per heavy atom. The Balaban J connectivity index is 1.39. The third kappa shape index (κ3) is 5.51. The van der Waals surface area contributed by atoms with Crippen LogP contribution in [0.5, 0.6) is 5.75 Å². The molecule has 0 saturated carbocycles. The van der Waals surface area contributed by atoms with Gasteiger partial charge in [0.15, 0.2) is 6.21 Å². The fourth-order valence-electron chi connectivity index (χ4n) is 3.75. The molecule has 0 fully saturated rings. The van der Waals surface area contributed by atoms with E-state index in [-0.39, 0.29) is 15.7 Å². The Hall–Kier alpha value is -3.10. The number of thiol groups is 1. The topological polar surface area (TPSA) is 75.5 Å². The van der Waals surface area contributed by atoms with Crippen LogP contribution in [0, 0.1) is 6.92 Å². The van der Waals surface area contributed by atoms with Gasteiger partial charge in [-0.2, -0.15) is 0 Å². The highest BCUT2D eigenvalue weighted by Gasteiger charge is 2.26. The van der Waals surface area contributed by atoms with Gasteiger partial charge >= 0.3 is 0 Å². The molecule has 6 nitrogen and oxygen atoms in total. The number of amides is 1. The minimum atomic E-state index is -3.68. The lowest BCUT2D eigenvalue weighted by Gasteiger charge is -2.17. The van der Waals surface area contributed by atoms with Gasteiger partial charge in [0.2, 0.25) is 21.4 Å². The summed E-state index contributed by atoms with van der Waals surface area (Å²) in [7, 11) is -3.68. The van der Waals surface area contributed by atoms with E-state index in [1.54, 1.807) is 52.5 Å². The molecule has 0 spiro atoms. The van der Waals surface area contributed by atoms with E-state index in [2.05, 4.69) is 18.1 Å². The highest BCUT2D eigenvalue weighted by Crippen LogP contribution is 2.30. The number of aryl methyl sites for hydroxylation is 2. The van der Waals surface area contributed by atoms with Gasteiger partial charge in [-0.3, -0.25) is 4.79 Å². The fraction of sp³-hybridized carbons (Fsp3) is 0.231. The van der Waals surface area contributed by atoms with Crippen molar-refractivity contribution in [2.45, 2.75) is 42.4 Å². The average molecular weight is 496 g/mol. The van der Waals surface area contributed by atoms with Gasteiger partial charge in [0, 0.05) is 24.6 Å². The number of para-hydroxylation sites is 1. The summed E-state index contributed by atoms with van der Waals surface area (Å²) in [5.74, 6) is 0.813. The first kappa shape index (κ1) is 24.0. The Labute approximate surface area is 205 Å². The van der Waals surface area contributed by atoms with Crippen molar-refractivity contribution in [2.24, 2.45) is 0 Å². The van der Waals surface area contributed by atoms with Crippen LogP contribution in [0.25, 0.3) is 0 Å². The second-order valence-electron chi connectivity index (χ2n) is 8.17. The van der Waals surface area contributed by atoms with Crippen LogP contribution < -0.4 is 10.1 Å². The maximum absolute atomic E-state index is 13.2. The van der Waals surface area contributed by atoms with E-state index in [0.717, 1.165) is 29.0 Å². The van der Waals surface area contributed by atoms with Gasteiger partial charge in [-0.25, -0.2) is 8.42 Å². The summed E-state index contributed by atoms with van der Waals surface area (Å²) in [6, 6.07) is 19.4. The SMILES string of the molecule is Cc1ccc(S(=O)(=O)c2ccccc2[N+](S)=CCCCOc2ccc3c(c2)CCC(=O)N3)cc1. The summed E-state index contributed by atoms with van der Waals surface area (Å²) < 4.78 is 33.8. The summed E-state index contributed by atoms with van der Waals surface area (Å²) >= 11 is 4.52. The highest BCUT2D eigenvalue weighted by atomic mass is 32.2. The van der Waals surface area contributed by atoms with E-state index in [1.807, 2.05) is 31.3 Å². The Morgan fingerprint density at radius 1 is 1.06 bits per heavy atom. The van der Waals surface area contributed by atoms with E-state index in [9.17, 15) is 13.2 Å².